The Morgan fingerprint density at radius 2 is 1.92 bits per heavy atom. The molecule has 0 aliphatic heterocycles. The maximum Gasteiger partial charge on any atom is 0.215 e. The molecule has 0 aliphatic rings. The van der Waals surface area contributed by atoms with Crippen molar-refractivity contribution in [2.24, 2.45) is 5.73 Å². The number of rotatable bonds is 2. The van der Waals surface area contributed by atoms with E-state index in [9.17, 15) is 8.78 Å². The van der Waals surface area contributed by atoms with E-state index in [1.807, 2.05) is 0 Å². The van der Waals surface area contributed by atoms with E-state index >= 15 is 0 Å². The van der Waals surface area contributed by atoms with Crippen molar-refractivity contribution in [1.82, 2.24) is 4.98 Å². The van der Waals surface area contributed by atoms with E-state index < -0.39 is 24.0 Å². The maximum absolute atomic E-state index is 12.6. The first-order valence-electron chi connectivity index (χ1n) is 3.69. The number of hydrogen-bond donors (Lipinski definition) is 2. The molecule has 1 aromatic heterocycles. The molecule has 0 unspecified atom stereocenters. The molecule has 1 aromatic rings. The first kappa shape index (κ1) is 10.0. The highest BCUT2D eigenvalue weighted by Crippen LogP contribution is 2.17. The van der Waals surface area contributed by atoms with Crippen LogP contribution >= 0.6 is 0 Å². The summed E-state index contributed by atoms with van der Waals surface area (Å²) in [4.78, 5) is 2.91. The zero-order valence-corrected chi connectivity index (χ0v) is 7.09. The largest absolute Gasteiger partial charge is 0.394 e. The minimum atomic E-state index is -1.15. The van der Waals surface area contributed by atoms with Gasteiger partial charge in [-0.3, -0.25) is 0 Å². The summed E-state index contributed by atoms with van der Waals surface area (Å²) in [5.74, 6) is -1.89. The van der Waals surface area contributed by atoms with E-state index in [2.05, 4.69) is 4.98 Å². The molecule has 3 N–H and O–H groups in total. The Kier molecular flexibility index (Phi) is 2.58. The van der Waals surface area contributed by atoms with Crippen molar-refractivity contribution >= 4 is 0 Å². The molecular weight excluding hydrogens is 178 g/mol. The van der Waals surface area contributed by atoms with Crippen LogP contribution in [0, 0.1) is 11.9 Å². The summed E-state index contributed by atoms with van der Waals surface area (Å²) in [6, 6.07) is 2.00. The molecule has 0 radical (unpaired) electrons. The summed E-state index contributed by atoms with van der Waals surface area (Å²) < 4.78 is 25.2. The van der Waals surface area contributed by atoms with Crippen LogP contribution < -0.4 is 5.73 Å². The molecule has 0 aliphatic carbocycles. The van der Waals surface area contributed by atoms with Crippen molar-refractivity contribution in [2.45, 2.75) is 12.5 Å². The van der Waals surface area contributed by atoms with Crippen LogP contribution in [0.15, 0.2) is 12.1 Å². The summed E-state index contributed by atoms with van der Waals surface area (Å²) in [6.07, 6.45) is 0. The zero-order chi connectivity index (χ0) is 10.1. The quantitative estimate of drug-likeness (QED) is 0.665. The Morgan fingerprint density at radius 3 is 2.31 bits per heavy atom. The van der Waals surface area contributed by atoms with Gasteiger partial charge >= 0.3 is 0 Å². The first-order valence-corrected chi connectivity index (χ1v) is 3.69. The standard InChI is InChI=1S/C8H10F2N2O/c1-8(11,4-13)5-2-6(9)12-7(10)3-5/h2-3,13H,4,11H2,1H3/t8-/m0/s1. The molecule has 0 fully saturated rings. The van der Waals surface area contributed by atoms with Crippen LogP contribution in [-0.4, -0.2) is 16.7 Å². The Balaban J connectivity index is 3.15. The lowest BCUT2D eigenvalue weighted by atomic mass is 9.95. The highest BCUT2D eigenvalue weighted by atomic mass is 19.1. The first-order chi connectivity index (χ1) is 5.95. The Bertz CT molecular complexity index is 295. The summed E-state index contributed by atoms with van der Waals surface area (Å²) in [7, 11) is 0. The molecule has 3 nitrogen and oxygen atoms in total. The number of halogens is 2. The van der Waals surface area contributed by atoms with Crippen LogP contribution in [0.2, 0.25) is 0 Å². The fourth-order valence-corrected chi connectivity index (χ4v) is 0.886. The van der Waals surface area contributed by atoms with Crippen LogP contribution in [-0.2, 0) is 5.54 Å². The summed E-state index contributed by atoms with van der Waals surface area (Å²) in [5.41, 5.74) is 4.60. The highest BCUT2D eigenvalue weighted by Gasteiger charge is 2.21. The third-order valence-corrected chi connectivity index (χ3v) is 1.75. The second kappa shape index (κ2) is 3.35. The molecule has 72 valence electrons. The minimum absolute atomic E-state index is 0.181. The van der Waals surface area contributed by atoms with Crippen LogP contribution in [0.3, 0.4) is 0 Å². The van der Waals surface area contributed by atoms with Gasteiger partial charge in [-0.1, -0.05) is 0 Å². The monoisotopic (exact) mass is 188 g/mol. The number of hydrogen-bond acceptors (Lipinski definition) is 3. The highest BCUT2D eigenvalue weighted by molar-refractivity contribution is 5.21. The molecule has 0 saturated carbocycles. The Hall–Kier alpha value is -1.07. The minimum Gasteiger partial charge on any atom is -0.394 e. The van der Waals surface area contributed by atoms with Gasteiger partial charge < -0.3 is 10.8 Å². The number of nitrogens with two attached hydrogens (primary N) is 1. The van der Waals surface area contributed by atoms with Crippen LogP contribution in [0.1, 0.15) is 12.5 Å². The third-order valence-electron chi connectivity index (χ3n) is 1.75. The van der Waals surface area contributed by atoms with E-state index in [0.29, 0.717) is 0 Å². The van der Waals surface area contributed by atoms with Crippen molar-refractivity contribution in [3.05, 3.63) is 29.6 Å². The van der Waals surface area contributed by atoms with Gasteiger partial charge in [0, 0.05) is 0 Å². The van der Waals surface area contributed by atoms with E-state index in [4.69, 9.17) is 10.8 Å². The number of aliphatic hydroxyl groups is 1. The average Bonchev–Trinajstić information content (AvgIpc) is 2.02. The number of pyridine rings is 1. The molecule has 1 atom stereocenters. The Labute approximate surface area is 74.2 Å². The fraction of sp³-hybridized carbons (Fsp3) is 0.375. The predicted molar refractivity (Wildman–Crippen MR) is 42.8 cm³/mol. The van der Waals surface area contributed by atoms with Gasteiger partial charge in [-0.05, 0) is 24.6 Å². The van der Waals surface area contributed by atoms with Crippen molar-refractivity contribution in [3.63, 3.8) is 0 Å². The van der Waals surface area contributed by atoms with Gasteiger partial charge in [-0.2, -0.15) is 13.8 Å². The molecule has 13 heavy (non-hydrogen) atoms. The second-order valence-corrected chi connectivity index (χ2v) is 3.08. The maximum atomic E-state index is 12.6. The van der Waals surface area contributed by atoms with Gasteiger partial charge in [-0.15, -0.1) is 0 Å². The molecule has 0 saturated heterocycles. The van der Waals surface area contributed by atoms with Gasteiger partial charge in [0.15, 0.2) is 0 Å². The second-order valence-electron chi connectivity index (χ2n) is 3.08. The normalized spacial score (nSPS) is 15.5. The molecule has 1 heterocycles. The van der Waals surface area contributed by atoms with Gasteiger partial charge in [0.1, 0.15) is 0 Å². The van der Waals surface area contributed by atoms with Gasteiger partial charge in [0.2, 0.25) is 11.9 Å². The molecule has 0 spiro atoms. The van der Waals surface area contributed by atoms with E-state index in [1.165, 1.54) is 6.92 Å². The summed E-state index contributed by atoms with van der Waals surface area (Å²) >= 11 is 0. The number of aromatic nitrogens is 1. The van der Waals surface area contributed by atoms with Crippen molar-refractivity contribution in [1.29, 1.82) is 0 Å². The number of nitrogens with zero attached hydrogens (tertiary/aromatic N) is 1. The van der Waals surface area contributed by atoms with E-state index in [-0.39, 0.29) is 5.56 Å². The molecule has 0 bridgehead atoms. The molecule has 0 aromatic carbocycles. The lowest BCUT2D eigenvalue weighted by Crippen LogP contribution is -2.37. The molecule has 1 rings (SSSR count). The Morgan fingerprint density at radius 1 is 1.46 bits per heavy atom. The van der Waals surface area contributed by atoms with E-state index in [1.54, 1.807) is 0 Å². The van der Waals surface area contributed by atoms with E-state index in [0.717, 1.165) is 12.1 Å². The summed E-state index contributed by atoms with van der Waals surface area (Å²) in [5, 5.41) is 8.84. The van der Waals surface area contributed by atoms with Gasteiger partial charge in [0.05, 0.1) is 12.1 Å². The van der Waals surface area contributed by atoms with Crippen LogP contribution in [0.4, 0.5) is 8.78 Å². The predicted octanol–water partition coefficient (Wildman–Crippen LogP) is 0.526. The van der Waals surface area contributed by atoms with Gasteiger partial charge in [-0.25, -0.2) is 0 Å². The lowest BCUT2D eigenvalue weighted by Gasteiger charge is -2.21. The molecule has 5 heteroatoms. The number of aliphatic hydroxyl groups excluding tert-OH is 1. The van der Waals surface area contributed by atoms with Crippen LogP contribution in [0.5, 0.6) is 0 Å². The smallest absolute Gasteiger partial charge is 0.215 e. The summed E-state index contributed by atoms with van der Waals surface area (Å²) in [6.45, 7) is 1.08. The fourth-order valence-electron chi connectivity index (χ4n) is 0.886. The van der Waals surface area contributed by atoms with Crippen LogP contribution in [0.25, 0.3) is 0 Å². The van der Waals surface area contributed by atoms with Crippen molar-refractivity contribution in [2.75, 3.05) is 6.61 Å². The topological polar surface area (TPSA) is 59.1 Å². The van der Waals surface area contributed by atoms with Gasteiger partial charge in [0.25, 0.3) is 0 Å². The van der Waals surface area contributed by atoms with Crippen molar-refractivity contribution in [3.8, 4) is 0 Å². The molecular formula is C8H10F2N2O. The lowest BCUT2D eigenvalue weighted by molar-refractivity contribution is 0.209. The third kappa shape index (κ3) is 2.19. The van der Waals surface area contributed by atoms with Crippen molar-refractivity contribution < 1.29 is 13.9 Å². The average molecular weight is 188 g/mol. The molecule has 0 amide bonds. The SMILES string of the molecule is C[C@](N)(CO)c1cc(F)nc(F)c1. The zero-order valence-electron chi connectivity index (χ0n) is 7.09.